The predicted molar refractivity (Wildman–Crippen MR) is 113 cm³/mol. The van der Waals surface area contributed by atoms with E-state index < -0.39 is 0 Å². The van der Waals surface area contributed by atoms with Crippen molar-refractivity contribution in [2.45, 2.75) is 31.6 Å². The average Bonchev–Trinajstić information content (AvgIpc) is 3.50. The molecule has 2 unspecified atom stereocenters. The smallest absolute Gasteiger partial charge is 0.228 e. The highest BCUT2D eigenvalue weighted by molar-refractivity contribution is 9.10. The zero-order valence-corrected chi connectivity index (χ0v) is 17.4. The summed E-state index contributed by atoms with van der Waals surface area (Å²) in [7, 11) is 1.60. The molecule has 0 bridgehead atoms. The topological polar surface area (TPSA) is 58.6 Å². The number of amides is 2. The Morgan fingerprint density at radius 2 is 1.96 bits per heavy atom. The first-order valence-electron chi connectivity index (χ1n) is 9.61. The number of piperidine rings is 1. The Kier molecular flexibility index (Phi) is 5.40. The maximum absolute atomic E-state index is 12.7. The maximum atomic E-state index is 12.7. The van der Waals surface area contributed by atoms with E-state index in [-0.39, 0.29) is 23.7 Å². The van der Waals surface area contributed by atoms with E-state index in [1.165, 1.54) is 5.56 Å². The molecular formula is C22H23BrN2O3. The number of carbonyl (C=O) groups is 2. The van der Waals surface area contributed by atoms with Crippen molar-refractivity contribution in [3.8, 4) is 5.75 Å². The fourth-order valence-corrected chi connectivity index (χ4v) is 4.10. The van der Waals surface area contributed by atoms with Gasteiger partial charge in [0.15, 0.2) is 0 Å². The quantitative estimate of drug-likeness (QED) is 0.728. The van der Waals surface area contributed by atoms with Gasteiger partial charge in [-0.2, -0.15) is 0 Å². The van der Waals surface area contributed by atoms with Gasteiger partial charge < -0.3 is 15.0 Å². The summed E-state index contributed by atoms with van der Waals surface area (Å²) < 4.78 is 6.48. The minimum Gasteiger partial charge on any atom is -0.495 e. The van der Waals surface area contributed by atoms with Crippen molar-refractivity contribution < 1.29 is 14.3 Å². The van der Waals surface area contributed by atoms with Crippen LogP contribution in [-0.4, -0.2) is 25.5 Å². The number of anilines is 2. The van der Waals surface area contributed by atoms with Gasteiger partial charge in [0.1, 0.15) is 5.75 Å². The number of nitrogens with one attached hydrogen (secondary N) is 1. The second-order valence-corrected chi connectivity index (χ2v) is 8.29. The summed E-state index contributed by atoms with van der Waals surface area (Å²) in [5.74, 6) is 1.03. The van der Waals surface area contributed by atoms with E-state index in [1.54, 1.807) is 12.0 Å². The standard InChI is InChI=1S/C22H23BrN2O3/c1-28-20-10-9-16(12-19(20)25-11-3-2-4-21(25)26)24-22(27)18-13-17(18)14-5-7-15(23)8-6-14/h5-10,12,17-18H,2-4,11,13H2,1H3,(H,24,27). The summed E-state index contributed by atoms with van der Waals surface area (Å²) in [4.78, 5) is 26.8. The van der Waals surface area contributed by atoms with E-state index in [2.05, 4.69) is 33.4 Å². The first-order chi connectivity index (χ1) is 13.6. The highest BCUT2D eigenvalue weighted by Gasteiger charge is 2.43. The number of hydrogen-bond donors (Lipinski definition) is 1. The summed E-state index contributed by atoms with van der Waals surface area (Å²) in [6, 6.07) is 13.6. The fraction of sp³-hybridized carbons (Fsp3) is 0.364. The van der Waals surface area contributed by atoms with E-state index in [0.29, 0.717) is 24.4 Å². The van der Waals surface area contributed by atoms with Gasteiger partial charge in [-0.1, -0.05) is 28.1 Å². The molecule has 6 heteroatoms. The average molecular weight is 443 g/mol. The largest absolute Gasteiger partial charge is 0.495 e. The number of nitrogens with zero attached hydrogens (tertiary/aromatic N) is 1. The Morgan fingerprint density at radius 1 is 1.18 bits per heavy atom. The zero-order valence-electron chi connectivity index (χ0n) is 15.8. The molecule has 1 N–H and O–H groups in total. The van der Waals surface area contributed by atoms with Crippen molar-refractivity contribution in [3.63, 3.8) is 0 Å². The number of halogens is 1. The van der Waals surface area contributed by atoms with Crippen LogP contribution in [-0.2, 0) is 9.59 Å². The van der Waals surface area contributed by atoms with E-state index in [0.717, 1.165) is 29.4 Å². The Balaban J connectivity index is 1.47. The van der Waals surface area contributed by atoms with Gasteiger partial charge in [-0.15, -0.1) is 0 Å². The molecule has 4 rings (SSSR count). The molecule has 1 heterocycles. The summed E-state index contributed by atoms with van der Waals surface area (Å²) in [6.45, 7) is 0.681. The third-order valence-electron chi connectivity index (χ3n) is 5.49. The van der Waals surface area contributed by atoms with Crippen LogP contribution < -0.4 is 15.0 Å². The molecular weight excluding hydrogens is 420 g/mol. The Hall–Kier alpha value is -2.34. The van der Waals surface area contributed by atoms with Crippen LogP contribution in [0.25, 0.3) is 0 Å². The van der Waals surface area contributed by atoms with Crippen molar-refractivity contribution in [1.29, 1.82) is 0 Å². The van der Waals surface area contributed by atoms with Crippen LogP contribution in [0.1, 0.15) is 37.2 Å². The molecule has 5 nitrogen and oxygen atoms in total. The summed E-state index contributed by atoms with van der Waals surface area (Å²) in [5.41, 5.74) is 2.61. The molecule has 2 atom stereocenters. The first kappa shape index (κ1) is 19.0. The van der Waals surface area contributed by atoms with Gasteiger partial charge in [0.05, 0.1) is 12.8 Å². The minimum atomic E-state index is -0.0108. The highest BCUT2D eigenvalue weighted by atomic mass is 79.9. The summed E-state index contributed by atoms with van der Waals surface area (Å²) in [5, 5.41) is 3.02. The van der Waals surface area contributed by atoms with Crippen LogP contribution in [0.5, 0.6) is 5.75 Å². The summed E-state index contributed by atoms with van der Waals surface area (Å²) in [6.07, 6.45) is 3.31. The first-order valence-corrected chi connectivity index (χ1v) is 10.4. The number of carbonyl (C=O) groups excluding carboxylic acids is 2. The molecule has 1 aliphatic carbocycles. The van der Waals surface area contributed by atoms with Gasteiger partial charge >= 0.3 is 0 Å². The van der Waals surface area contributed by atoms with Gasteiger partial charge in [-0.3, -0.25) is 9.59 Å². The lowest BCUT2D eigenvalue weighted by Gasteiger charge is -2.28. The molecule has 1 saturated carbocycles. The molecule has 2 amide bonds. The third-order valence-corrected chi connectivity index (χ3v) is 6.01. The molecule has 2 fully saturated rings. The van der Waals surface area contributed by atoms with Gasteiger partial charge in [-0.05, 0) is 61.1 Å². The maximum Gasteiger partial charge on any atom is 0.228 e. The molecule has 1 aliphatic heterocycles. The lowest BCUT2D eigenvalue weighted by atomic mass is 10.1. The summed E-state index contributed by atoms with van der Waals surface area (Å²) >= 11 is 3.44. The van der Waals surface area contributed by atoms with E-state index in [9.17, 15) is 9.59 Å². The second kappa shape index (κ2) is 7.95. The molecule has 1 saturated heterocycles. The molecule has 28 heavy (non-hydrogen) atoms. The Bertz CT molecular complexity index is 897. The number of rotatable bonds is 5. The monoisotopic (exact) mass is 442 g/mol. The highest BCUT2D eigenvalue weighted by Crippen LogP contribution is 2.48. The number of methoxy groups -OCH3 is 1. The second-order valence-electron chi connectivity index (χ2n) is 7.38. The van der Waals surface area contributed by atoms with Gasteiger partial charge in [0, 0.05) is 29.0 Å². The molecule has 0 radical (unpaired) electrons. The van der Waals surface area contributed by atoms with Crippen LogP contribution in [0, 0.1) is 5.92 Å². The zero-order chi connectivity index (χ0) is 19.7. The van der Waals surface area contributed by atoms with Gasteiger partial charge in [0.25, 0.3) is 0 Å². The van der Waals surface area contributed by atoms with E-state index in [1.807, 2.05) is 30.3 Å². The van der Waals surface area contributed by atoms with Crippen molar-refractivity contribution in [3.05, 3.63) is 52.5 Å². The molecule has 146 valence electrons. The van der Waals surface area contributed by atoms with E-state index in [4.69, 9.17) is 4.74 Å². The van der Waals surface area contributed by atoms with Gasteiger partial charge in [0.2, 0.25) is 11.8 Å². The van der Waals surface area contributed by atoms with Crippen LogP contribution in [0.15, 0.2) is 46.9 Å². The van der Waals surface area contributed by atoms with Crippen molar-refractivity contribution in [1.82, 2.24) is 0 Å². The predicted octanol–water partition coefficient (Wildman–Crippen LogP) is 4.72. The minimum absolute atomic E-state index is 0.0108. The molecule has 0 spiro atoms. The van der Waals surface area contributed by atoms with Gasteiger partial charge in [-0.25, -0.2) is 0 Å². The number of benzene rings is 2. The normalized spacial score (nSPS) is 21.4. The Morgan fingerprint density at radius 3 is 2.68 bits per heavy atom. The van der Waals surface area contributed by atoms with Crippen LogP contribution in [0.2, 0.25) is 0 Å². The van der Waals surface area contributed by atoms with Crippen molar-refractivity contribution in [2.24, 2.45) is 5.92 Å². The molecule has 2 aromatic carbocycles. The third kappa shape index (κ3) is 3.92. The van der Waals surface area contributed by atoms with Crippen LogP contribution in [0.4, 0.5) is 11.4 Å². The number of hydrogen-bond acceptors (Lipinski definition) is 3. The molecule has 2 aromatic rings. The SMILES string of the molecule is COc1ccc(NC(=O)C2CC2c2ccc(Br)cc2)cc1N1CCCCC1=O. The fourth-order valence-electron chi connectivity index (χ4n) is 3.84. The van der Waals surface area contributed by atoms with Crippen LogP contribution >= 0.6 is 15.9 Å². The van der Waals surface area contributed by atoms with Crippen LogP contribution in [0.3, 0.4) is 0 Å². The Labute approximate surface area is 173 Å². The molecule has 0 aromatic heterocycles. The molecule has 2 aliphatic rings. The van der Waals surface area contributed by atoms with E-state index >= 15 is 0 Å². The van der Waals surface area contributed by atoms with Crippen molar-refractivity contribution in [2.75, 3.05) is 23.9 Å². The van der Waals surface area contributed by atoms with Crippen molar-refractivity contribution >= 4 is 39.1 Å². The lowest BCUT2D eigenvalue weighted by molar-refractivity contribution is -0.119. The lowest BCUT2D eigenvalue weighted by Crippen LogP contribution is -2.35. The number of ether oxygens (including phenoxy) is 1.